The summed E-state index contributed by atoms with van der Waals surface area (Å²) in [6, 6.07) is 14.5. The molecule has 7 heteroatoms. The summed E-state index contributed by atoms with van der Waals surface area (Å²) in [6.07, 6.45) is 0. The summed E-state index contributed by atoms with van der Waals surface area (Å²) in [5, 5.41) is 11.7. The number of hydrogen-bond donors (Lipinski definition) is 1. The molecule has 3 rings (SSSR count). The summed E-state index contributed by atoms with van der Waals surface area (Å²) in [6.45, 7) is 3.15. The highest BCUT2D eigenvalue weighted by Crippen LogP contribution is 2.26. The van der Waals surface area contributed by atoms with Crippen LogP contribution in [-0.4, -0.2) is 35.3 Å². The van der Waals surface area contributed by atoms with Gasteiger partial charge in [-0.2, -0.15) is 5.26 Å². The number of amides is 4. The Morgan fingerprint density at radius 2 is 1.81 bits per heavy atom. The molecule has 0 aromatic heterocycles. The molecule has 1 unspecified atom stereocenters. The van der Waals surface area contributed by atoms with Crippen LogP contribution in [0.25, 0.3) is 0 Å². The number of hydrogen-bond acceptors (Lipinski definition) is 4. The van der Waals surface area contributed by atoms with Crippen LogP contribution in [0, 0.1) is 18.3 Å². The van der Waals surface area contributed by atoms with Crippen molar-refractivity contribution in [1.29, 1.82) is 5.26 Å². The van der Waals surface area contributed by atoms with Crippen LogP contribution in [0.5, 0.6) is 0 Å². The number of anilines is 2. The zero-order valence-electron chi connectivity index (χ0n) is 15.0. The van der Waals surface area contributed by atoms with E-state index in [0.29, 0.717) is 16.9 Å². The average Bonchev–Trinajstić information content (AvgIpc) is 2.86. The van der Waals surface area contributed by atoms with E-state index in [1.807, 2.05) is 25.1 Å². The van der Waals surface area contributed by atoms with Crippen molar-refractivity contribution in [1.82, 2.24) is 4.90 Å². The number of carbonyl (C=O) groups is 3. The smallest absolute Gasteiger partial charge is 0.323 e. The normalized spacial score (nSPS) is 16.4. The van der Waals surface area contributed by atoms with E-state index in [2.05, 4.69) is 5.32 Å². The van der Waals surface area contributed by atoms with Crippen LogP contribution in [0.2, 0.25) is 0 Å². The van der Waals surface area contributed by atoms with E-state index in [0.717, 1.165) is 10.5 Å². The third kappa shape index (κ3) is 3.51. The van der Waals surface area contributed by atoms with Crippen LogP contribution in [0.15, 0.2) is 48.5 Å². The highest BCUT2D eigenvalue weighted by atomic mass is 16.2. The molecule has 2 aromatic carbocycles. The van der Waals surface area contributed by atoms with Gasteiger partial charge in [0.2, 0.25) is 5.91 Å². The molecule has 0 bridgehead atoms. The van der Waals surface area contributed by atoms with E-state index in [1.54, 1.807) is 43.3 Å². The van der Waals surface area contributed by atoms with Crippen LogP contribution in [0.1, 0.15) is 18.1 Å². The Hall–Kier alpha value is -3.66. The molecule has 0 radical (unpaired) electrons. The summed E-state index contributed by atoms with van der Waals surface area (Å²) < 4.78 is 0. The lowest BCUT2D eigenvalue weighted by Gasteiger charge is -2.19. The first-order valence-corrected chi connectivity index (χ1v) is 8.42. The summed E-state index contributed by atoms with van der Waals surface area (Å²) in [4.78, 5) is 39.9. The fourth-order valence-corrected chi connectivity index (χ4v) is 2.93. The minimum absolute atomic E-state index is 0.305. The Labute approximate surface area is 156 Å². The number of benzene rings is 2. The van der Waals surface area contributed by atoms with Gasteiger partial charge >= 0.3 is 6.03 Å². The van der Waals surface area contributed by atoms with Crippen molar-refractivity contribution in [2.45, 2.75) is 19.9 Å². The number of nitriles is 1. The molecule has 1 N–H and O–H groups in total. The van der Waals surface area contributed by atoms with Crippen molar-refractivity contribution < 1.29 is 14.4 Å². The standard InChI is InChI=1S/C20H18N4O3/c1-13-7-9-16(10-8-13)24-14(2)19(26)23(20(24)27)12-18(25)22-17-6-4-3-5-15(17)11-21/h3-10,14H,12H2,1-2H3,(H,22,25). The second kappa shape index (κ2) is 7.30. The fourth-order valence-electron chi connectivity index (χ4n) is 2.93. The predicted molar refractivity (Wildman–Crippen MR) is 100 cm³/mol. The summed E-state index contributed by atoms with van der Waals surface area (Å²) >= 11 is 0. The molecule has 7 nitrogen and oxygen atoms in total. The maximum Gasteiger partial charge on any atom is 0.332 e. The van der Waals surface area contributed by atoms with Crippen LogP contribution in [0.4, 0.5) is 16.2 Å². The molecule has 27 heavy (non-hydrogen) atoms. The van der Waals surface area contributed by atoms with Gasteiger partial charge in [0.1, 0.15) is 18.7 Å². The summed E-state index contributed by atoms with van der Waals surface area (Å²) in [7, 11) is 0. The minimum atomic E-state index is -0.695. The number of nitrogens with zero attached hydrogens (tertiary/aromatic N) is 3. The Bertz CT molecular complexity index is 946. The number of nitrogens with one attached hydrogen (secondary N) is 1. The lowest BCUT2D eigenvalue weighted by Crippen LogP contribution is -2.39. The number of rotatable bonds is 4. The predicted octanol–water partition coefficient (Wildman–Crippen LogP) is 2.66. The molecule has 1 aliphatic rings. The van der Waals surface area contributed by atoms with Crippen LogP contribution < -0.4 is 10.2 Å². The molecule has 0 aliphatic carbocycles. The van der Waals surface area contributed by atoms with Crippen molar-refractivity contribution in [3.05, 3.63) is 59.7 Å². The monoisotopic (exact) mass is 362 g/mol. The van der Waals surface area contributed by atoms with E-state index < -0.39 is 30.4 Å². The van der Waals surface area contributed by atoms with Gasteiger partial charge in [-0.15, -0.1) is 0 Å². The molecule has 136 valence electrons. The first kappa shape index (κ1) is 18.1. The van der Waals surface area contributed by atoms with E-state index in [9.17, 15) is 14.4 Å². The van der Waals surface area contributed by atoms with Gasteiger partial charge < -0.3 is 5.32 Å². The highest BCUT2D eigenvalue weighted by Gasteiger charge is 2.44. The molecule has 0 spiro atoms. The van der Waals surface area contributed by atoms with Gasteiger partial charge in [0.15, 0.2) is 0 Å². The molecule has 1 fully saturated rings. The Morgan fingerprint density at radius 1 is 1.15 bits per heavy atom. The van der Waals surface area contributed by atoms with Gasteiger partial charge in [-0.3, -0.25) is 19.4 Å². The largest absolute Gasteiger partial charge is 0.332 e. The van der Waals surface area contributed by atoms with E-state index in [-0.39, 0.29) is 0 Å². The number of aryl methyl sites for hydroxylation is 1. The van der Waals surface area contributed by atoms with Gasteiger partial charge in [-0.1, -0.05) is 29.8 Å². The van der Waals surface area contributed by atoms with Gasteiger partial charge in [-0.25, -0.2) is 4.79 Å². The minimum Gasteiger partial charge on any atom is -0.323 e. The number of carbonyl (C=O) groups excluding carboxylic acids is 3. The van der Waals surface area contributed by atoms with Gasteiger partial charge in [0.25, 0.3) is 5.91 Å². The highest BCUT2D eigenvalue weighted by molar-refractivity contribution is 6.16. The van der Waals surface area contributed by atoms with Crippen LogP contribution in [0.3, 0.4) is 0 Å². The molecule has 1 heterocycles. The molecule has 2 aromatic rings. The molecular weight excluding hydrogens is 344 g/mol. The van der Waals surface area contributed by atoms with Gasteiger partial charge in [0, 0.05) is 5.69 Å². The molecule has 4 amide bonds. The first-order chi connectivity index (χ1) is 12.9. The van der Waals surface area contributed by atoms with Crippen molar-refractivity contribution in [3.63, 3.8) is 0 Å². The maximum absolute atomic E-state index is 12.7. The lowest BCUT2D eigenvalue weighted by molar-refractivity contribution is -0.130. The van der Waals surface area contributed by atoms with E-state index in [1.165, 1.54) is 4.90 Å². The van der Waals surface area contributed by atoms with Gasteiger partial charge in [0.05, 0.1) is 11.3 Å². The summed E-state index contributed by atoms with van der Waals surface area (Å²) in [5.74, 6) is -0.985. The molecular formula is C20H18N4O3. The number of imide groups is 1. The van der Waals surface area contributed by atoms with E-state index >= 15 is 0 Å². The van der Waals surface area contributed by atoms with E-state index in [4.69, 9.17) is 5.26 Å². The second-order valence-corrected chi connectivity index (χ2v) is 6.29. The Kier molecular flexibility index (Phi) is 4.90. The second-order valence-electron chi connectivity index (χ2n) is 6.29. The zero-order valence-corrected chi connectivity index (χ0v) is 15.0. The SMILES string of the molecule is Cc1ccc(N2C(=O)N(CC(=O)Nc3ccccc3C#N)C(=O)C2C)cc1. The topological polar surface area (TPSA) is 93.5 Å². The van der Waals surface area contributed by atoms with Gasteiger partial charge in [-0.05, 0) is 38.1 Å². The number of urea groups is 1. The fraction of sp³-hybridized carbons (Fsp3) is 0.200. The van der Waals surface area contributed by atoms with Crippen molar-refractivity contribution in [2.75, 3.05) is 16.8 Å². The molecule has 1 aliphatic heterocycles. The lowest BCUT2D eigenvalue weighted by atomic mass is 10.2. The Balaban J connectivity index is 1.76. The quantitative estimate of drug-likeness (QED) is 0.846. The first-order valence-electron chi connectivity index (χ1n) is 8.42. The zero-order chi connectivity index (χ0) is 19.6. The van der Waals surface area contributed by atoms with Crippen molar-refractivity contribution in [2.24, 2.45) is 0 Å². The molecule has 0 saturated carbocycles. The maximum atomic E-state index is 12.7. The van der Waals surface area contributed by atoms with Crippen molar-refractivity contribution >= 4 is 29.2 Å². The Morgan fingerprint density at radius 3 is 2.48 bits per heavy atom. The molecule has 1 saturated heterocycles. The third-order valence-electron chi connectivity index (χ3n) is 4.38. The average molecular weight is 362 g/mol. The van der Waals surface area contributed by atoms with Crippen molar-refractivity contribution in [3.8, 4) is 6.07 Å². The van der Waals surface area contributed by atoms with Crippen LogP contribution in [-0.2, 0) is 9.59 Å². The molecule has 1 atom stereocenters. The third-order valence-corrected chi connectivity index (χ3v) is 4.38. The number of para-hydroxylation sites is 1. The van der Waals surface area contributed by atoms with Crippen LogP contribution >= 0.6 is 0 Å². The summed E-state index contributed by atoms with van der Waals surface area (Å²) in [5.41, 5.74) is 2.29.